The molecule has 0 bridgehead atoms. The summed E-state index contributed by atoms with van der Waals surface area (Å²) >= 11 is 0. The van der Waals surface area contributed by atoms with Crippen molar-refractivity contribution >= 4 is 29.5 Å². The molecule has 0 spiro atoms. The Labute approximate surface area is 181 Å². The van der Waals surface area contributed by atoms with E-state index in [1.165, 1.54) is 24.0 Å². The first-order chi connectivity index (χ1) is 14.7. The summed E-state index contributed by atoms with van der Waals surface area (Å²) in [6.45, 7) is 4.11. The molecule has 0 fully saturated rings. The van der Waals surface area contributed by atoms with E-state index >= 15 is 0 Å². The standard InChI is InChI=1S/C23H27N3O5/c1-4-5-6-12-24-23(29)25(3)19-9-7-8-18(15-19)20-11-10-17(13-16(2)22(27)28)14-21(20)26(30)31/h7-11,13-15H,4-6,12H2,1-3H3,(H,24,29)(H,27,28). The van der Waals surface area contributed by atoms with Gasteiger partial charge in [-0.2, -0.15) is 0 Å². The van der Waals surface area contributed by atoms with E-state index in [-0.39, 0.29) is 17.3 Å². The van der Waals surface area contributed by atoms with Crippen LogP contribution in [-0.2, 0) is 4.79 Å². The van der Waals surface area contributed by atoms with Crippen molar-refractivity contribution in [3.63, 3.8) is 0 Å². The molecule has 0 aromatic heterocycles. The Balaban J connectivity index is 2.32. The first kappa shape index (κ1) is 23.6. The van der Waals surface area contributed by atoms with E-state index in [4.69, 9.17) is 5.11 Å². The predicted molar refractivity (Wildman–Crippen MR) is 121 cm³/mol. The van der Waals surface area contributed by atoms with Gasteiger partial charge in [-0.25, -0.2) is 9.59 Å². The molecule has 0 aliphatic carbocycles. The number of carbonyl (C=O) groups excluding carboxylic acids is 1. The number of unbranched alkanes of at least 4 members (excludes halogenated alkanes) is 2. The third-order valence-electron chi connectivity index (χ3n) is 4.84. The average molecular weight is 425 g/mol. The molecule has 0 heterocycles. The van der Waals surface area contributed by atoms with Crippen LogP contribution in [0, 0.1) is 10.1 Å². The number of hydrogen-bond donors (Lipinski definition) is 2. The van der Waals surface area contributed by atoms with Crippen LogP contribution >= 0.6 is 0 Å². The van der Waals surface area contributed by atoms with Gasteiger partial charge in [-0.05, 0) is 48.7 Å². The largest absolute Gasteiger partial charge is 0.478 e. The van der Waals surface area contributed by atoms with Crippen molar-refractivity contribution in [2.75, 3.05) is 18.5 Å². The van der Waals surface area contributed by atoms with Crippen LogP contribution in [0.3, 0.4) is 0 Å². The summed E-state index contributed by atoms with van der Waals surface area (Å²) in [6.07, 6.45) is 4.40. The molecule has 0 aliphatic heterocycles. The lowest BCUT2D eigenvalue weighted by molar-refractivity contribution is -0.384. The molecule has 0 radical (unpaired) electrons. The lowest BCUT2D eigenvalue weighted by Crippen LogP contribution is -2.37. The molecule has 2 N–H and O–H groups in total. The summed E-state index contributed by atoms with van der Waals surface area (Å²) in [4.78, 5) is 36.0. The van der Waals surface area contributed by atoms with Crippen LogP contribution in [0.5, 0.6) is 0 Å². The zero-order valence-electron chi connectivity index (χ0n) is 17.9. The molecule has 164 valence electrons. The number of benzene rings is 2. The molecule has 0 saturated carbocycles. The number of urea groups is 1. The van der Waals surface area contributed by atoms with Gasteiger partial charge in [-0.1, -0.05) is 38.0 Å². The average Bonchev–Trinajstić information content (AvgIpc) is 2.75. The Bertz CT molecular complexity index is 1000. The fourth-order valence-corrected chi connectivity index (χ4v) is 3.03. The molecule has 0 atom stereocenters. The van der Waals surface area contributed by atoms with Crippen LogP contribution < -0.4 is 10.2 Å². The number of amides is 2. The lowest BCUT2D eigenvalue weighted by atomic mass is 10.00. The van der Waals surface area contributed by atoms with Crippen LogP contribution in [0.1, 0.15) is 38.7 Å². The Kier molecular flexibility index (Phi) is 8.31. The third-order valence-corrected chi connectivity index (χ3v) is 4.84. The highest BCUT2D eigenvalue weighted by Gasteiger charge is 2.18. The first-order valence-electron chi connectivity index (χ1n) is 10.1. The van der Waals surface area contributed by atoms with E-state index in [9.17, 15) is 19.7 Å². The first-order valence-corrected chi connectivity index (χ1v) is 10.1. The van der Waals surface area contributed by atoms with Crippen molar-refractivity contribution in [3.8, 4) is 11.1 Å². The second-order valence-corrected chi connectivity index (χ2v) is 7.21. The predicted octanol–water partition coefficient (Wildman–Crippen LogP) is 5.09. The monoisotopic (exact) mass is 425 g/mol. The van der Waals surface area contributed by atoms with E-state index in [1.807, 2.05) is 0 Å². The van der Waals surface area contributed by atoms with E-state index in [1.54, 1.807) is 43.4 Å². The van der Waals surface area contributed by atoms with Crippen molar-refractivity contribution in [2.45, 2.75) is 33.1 Å². The van der Waals surface area contributed by atoms with Gasteiger partial charge in [-0.3, -0.25) is 15.0 Å². The molecule has 8 nitrogen and oxygen atoms in total. The maximum atomic E-state index is 12.4. The molecule has 2 rings (SSSR count). The summed E-state index contributed by atoms with van der Waals surface area (Å²) in [5, 5.41) is 23.5. The minimum absolute atomic E-state index is 0.0793. The number of carboxylic acids is 1. The zero-order valence-corrected chi connectivity index (χ0v) is 17.9. The van der Waals surface area contributed by atoms with Gasteiger partial charge in [0.15, 0.2) is 0 Å². The van der Waals surface area contributed by atoms with Gasteiger partial charge >= 0.3 is 12.0 Å². The van der Waals surface area contributed by atoms with Crippen molar-refractivity contribution in [3.05, 3.63) is 63.7 Å². The maximum absolute atomic E-state index is 12.4. The molecule has 0 aliphatic rings. The Morgan fingerprint density at radius 1 is 1.19 bits per heavy atom. The second kappa shape index (κ2) is 10.9. The van der Waals surface area contributed by atoms with Gasteiger partial charge in [0.1, 0.15) is 0 Å². The van der Waals surface area contributed by atoms with Crippen molar-refractivity contribution in [2.24, 2.45) is 0 Å². The van der Waals surface area contributed by atoms with Gasteiger partial charge in [0, 0.05) is 30.9 Å². The number of hydrogen-bond acceptors (Lipinski definition) is 4. The topological polar surface area (TPSA) is 113 Å². The number of anilines is 1. The van der Waals surface area contributed by atoms with E-state index in [0.717, 1.165) is 19.3 Å². The molecular weight excluding hydrogens is 398 g/mol. The molecule has 2 aromatic rings. The molecule has 8 heteroatoms. The normalized spacial score (nSPS) is 11.1. The van der Waals surface area contributed by atoms with Gasteiger partial charge < -0.3 is 10.4 Å². The van der Waals surface area contributed by atoms with Crippen LogP contribution in [-0.4, -0.2) is 35.6 Å². The molecule has 0 saturated heterocycles. The van der Waals surface area contributed by atoms with Crippen LogP contribution in [0.25, 0.3) is 17.2 Å². The number of aliphatic carboxylic acids is 1. The number of nitro benzene ring substituents is 1. The summed E-state index contributed by atoms with van der Waals surface area (Å²) in [5.74, 6) is -1.09. The molecule has 2 aromatic carbocycles. The van der Waals surface area contributed by atoms with E-state index < -0.39 is 10.9 Å². The number of rotatable bonds is 9. The number of carboxylic acid groups (broad SMARTS) is 1. The maximum Gasteiger partial charge on any atom is 0.331 e. The van der Waals surface area contributed by atoms with E-state index in [2.05, 4.69) is 12.2 Å². The highest BCUT2D eigenvalue weighted by Crippen LogP contribution is 2.33. The Morgan fingerprint density at radius 3 is 2.58 bits per heavy atom. The summed E-state index contributed by atoms with van der Waals surface area (Å²) in [7, 11) is 1.64. The Morgan fingerprint density at radius 2 is 1.94 bits per heavy atom. The second-order valence-electron chi connectivity index (χ2n) is 7.21. The Hall–Kier alpha value is -3.68. The quantitative estimate of drug-likeness (QED) is 0.252. The van der Waals surface area contributed by atoms with Crippen LogP contribution in [0.4, 0.5) is 16.2 Å². The molecule has 31 heavy (non-hydrogen) atoms. The zero-order chi connectivity index (χ0) is 23.0. The number of nitrogens with zero attached hydrogens (tertiary/aromatic N) is 2. The SMILES string of the molecule is CCCCCNC(=O)N(C)c1cccc(-c2ccc(C=C(C)C(=O)O)cc2[N+](=O)[O-])c1. The van der Waals surface area contributed by atoms with Gasteiger partial charge in [0.05, 0.1) is 10.5 Å². The minimum atomic E-state index is -1.09. The molecule has 0 unspecified atom stereocenters. The summed E-state index contributed by atoms with van der Waals surface area (Å²) in [6, 6.07) is 11.3. The molecule has 2 amide bonds. The molecular formula is C23H27N3O5. The van der Waals surface area contributed by atoms with Gasteiger partial charge in [0.25, 0.3) is 5.69 Å². The van der Waals surface area contributed by atoms with Crippen molar-refractivity contribution in [1.29, 1.82) is 0 Å². The number of carbonyl (C=O) groups is 2. The number of nitro groups is 1. The summed E-state index contributed by atoms with van der Waals surface area (Å²) < 4.78 is 0. The van der Waals surface area contributed by atoms with Gasteiger partial charge in [-0.15, -0.1) is 0 Å². The highest BCUT2D eigenvalue weighted by molar-refractivity contribution is 5.93. The minimum Gasteiger partial charge on any atom is -0.478 e. The van der Waals surface area contributed by atoms with Crippen molar-refractivity contribution < 1.29 is 19.6 Å². The fourth-order valence-electron chi connectivity index (χ4n) is 3.03. The van der Waals surface area contributed by atoms with E-state index in [0.29, 0.717) is 28.9 Å². The number of nitrogens with one attached hydrogen (secondary N) is 1. The smallest absolute Gasteiger partial charge is 0.331 e. The third kappa shape index (κ3) is 6.40. The van der Waals surface area contributed by atoms with Crippen LogP contribution in [0.2, 0.25) is 0 Å². The highest BCUT2D eigenvalue weighted by atomic mass is 16.6. The summed E-state index contributed by atoms with van der Waals surface area (Å²) in [5.41, 5.74) is 1.93. The van der Waals surface area contributed by atoms with Crippen LogP contribution in [0.15, 0.2) is 48.0 Å². The fraction of sp³-hybridized carbons (Fsp3) is 0.304. The van der Waals surface area contributed by atoms with Gasteiger partial charge in [0.2, 0.25) is 0 Å². The van der Waals surface area contributed by atoms with Crippen molar-refractivity contribution in [1.82, 2.24) is 5.32 Å². The lowest BCUT2D eigenvalue weighted by Gasteiger charge is -2.19.